The van der Waals surface area contributed by atoms with E-state index in [2.05, 4.69) is 4.98 Å². The maximum atomic E-state index is 11.6. The Labute approximate surface area is 93.0 Å². The summed E-state index contributed by atoms with van der Waals surface area (Å²) in [6.45, 7) is 1.96. The molecule has 0 aliphatic heterocycles. The van der Waals surface area contributed by atoms with Gasteiger partial charge in [0, 0.05) is 5.39 Å². The van der Waals surface area contributed by atoms with Gasteiger partial charge in [0.05, 0.1) is 18.2 Å². The number of nitrogen functional groups attached to an aromatic ring is 1. The van der Waals surface area contributed by atoms with E-state index in [1.165, 1.54) is 13.2 Å². The van der Waals surface area contributed by atoms with Gasteiger partial charge in [0.25, 0.3) is 0 Å². The molecule has 1 aromatic carbocycles. The molecular weight excluding hydrogens is 204 g/mol. The lowest BCUT2D eigenvalue weighted by molar-refractivity contribution is 0.0603. The highest BCUT2D eigenvalue weighted by molar-refractivity contribution is 6.04. The summed E-state index contributed by atoms with van der Waals surface area (Å²) in [6.07, 6.45) is 0. The van der Waals surface area contributed by atoms with E-state index >= 15 is 0 Å². The number of anilines is 1. The summed E-state index contributed by atoms with van der Waals surface area (Å²) < 4.78 is 4.72. The number of hydrogen-bond donors (Lipinski definition) is 1. The van der Waals surface area contributed by atoms with Crippen LogP contribution in [0.15, 0.2) is 24.3 Å². The van der Waals surface area contributed by atoms with Crippen LogP contribution in [0.2, 0.25) is 0 Å². The Bertz CT molecular complexity index is 564. The van der Waals surface area contributed by atoms with Crippen LogP contribution in [0.3, 0.4) is 0 Å². The van der Waals surface area contributed by atoms with Crippen molar-refractivity contribution in [2.24, 2.45) is 0 Å². The Morgan fingerprint density at radius 1 is 1.38 bits per heavy atom. The van der Waals surface area contributed by atoms with Gasteiger partial charge in [-0.25, -0.2) is 9.78 Å². The number of ether oxygens (including phenoxy) is 1. The van der Waals surface area contributed by atoms with Crippen molar-refractivity contribution in [3.05, 3.63) is 35.4 Å². The molecule has 0 aliphatic carbocycles. The van der Waals surface area contributed by atoms with Gasteiger partial charge in [0.2, 0.25) is 0 Å². The number of nitrogens with zero attached hydrogens (tertiary/aromatic N) is 1. The van der Waals surface area contributed by atoms with Gasteiger partial charge >= 0.3 is 5.97 Å². The van der Waals surface area contributed by atoms with E-state index < -0.39 is 5.97 Å². The van der Waals surface area contributed by atoms with Crippen molar-refractivity contribution >= 4 is 22.7 Å². The number of hydrogen-bond acceptors (Lipinski definition) is 4. The fourth-order valence-corrected chi connectivity index (χ4v) is 1.64. The molecule has 0 spiro atoms. The van der Waals surface area contributed by atoms with Crippen LogP contribution in [0.1, 0.15) is 15.9 Å². The average Bonchev–Trinajstić information content (AvgIpc) is 2.27. The van der Waals surface area contributed by atoms with Crippen LogP contribution < -0.4 is 5.73 Å². The molecule has 1 aromatic heterocycles. The predicted octanol–water partition coefficient (Wildman–Crippen LogP) is 1.91. The largest absolute Gasteiger partial charge is 0.465 e. The second-order valence-electron chi connectivity index (χ2n) is 3.61. The summed E-state index contributed by atoms with van der Waals surface area (Å²) >= 11 is 0. The Kier molecular flexibility index (Phi) is 2.48. The molecule has 82 valence electrons. The number of methoxy groups -OCH3 is 1. The zero-order valence-corrected chi connectivity index (χ0v) is 9.15. The number of fused-ring (bicyclic) bond motifs is 1. The molecule has 16 heavy (non-hydrogen) atoms. The maximum Gasteiger partial charge on any atom is 0.338 e. The number of aromatic nitrogens is 1. The third-order valence-electron chi connectivity index (χ3n) is 2.39. The molecule has 2 aromatic rings. The van der Waals surface area contributed by atoms with Crippen molar-refractivity contribution in [3.8, 4) is 0 Å². The van der Waals surface area contributed by atoms with Crippen LogP contribution in [0, 0.1) is 6.92 Å². The number of nitrogens with two attached hydrogens (primary N) is 1. The van der Waals surface area contributed by atoms with Crippen molar-refractivity contribution in [2.75, 3.05) is 12.8 Å². The van der Waals surface area contributed by atoms with E-state index in [-0.39, 0.29) is 0 Å². The van der Waals surface area contributed by atoms with Gasteiger partial charge in [-0.3, -0.25) is 0 Å². The normalized spacial score (nSPS) is 10.4. The van der Waals surface area contributed by atoms with Gasteiger partial charge in [0.1, 0.15) is 5.82 Å². The zero-order chi connectivity index (χ0) is 11.7. The smallest absolute Gasteiger partial charge is 0.338 e. The Morgan fingerprint density at radius 2 is 2.12 bits per heavy atom. The first-order chi connectivity index (χ1) is 7.61. The van der Waals surface area contributed by atoms with Gasteiger partial charge in [-0.1, -0.05) is 11.6 Å². The van der Waals surface area contributed by atoms with Crippen LogP contribution in [0.4, 0.5) is 5.82 Å². The number of carbonyl (C=O) groups is 1. The van der Waals surface area contributed by atoms with Crippen molar-refractivity contribution in [1.82, 2.24) is 4.98 Å². The monoisotopic (exact) mass is 216 g/mol. The van der Waals surface area contributed by atoms with E-state index in [1.54, 1.807) is 0 Å². The molecule has 4 heteroatoms. The topological polar surface area (TPSA) is 65.2 Å². The third kappa shape index (κ3) is 1.69. The first kappa shape index (κ1) is 10.4. The van der Waals surface area contributed by atoms with E-state index in [1.807, 2.05) is 25.1 Å². The second-order valence-corrected chi connectivity index (χ2v) is 3.61. The number of rotatable bonds is 1. The fourth-order valence-electron chi connectivity index (χ4n) is 1.64. The molecule has 0 aliphatic rings. The number of aryl methyl sites for hydroxylation is 1. The summed E-state index contributed by atoms with van der Waals surface area (Å²) in [6, 6.07) is 7.20. The van der Waals surface area contributed by atoms with E-state index in [9.17, 15) is 4.79 Å². The summed E-state index contributed by atoms with van der Waals surface area (Å²) in [5, 5.41) is 0.765. The molecule has 0 saturated carbocycles. The number of carbonyl (C=O) groups excluding carboxylic acids is 1. The second kappa shape index (κ2) is 3.81. The van der Waals surface area contributed by atoms with Gasteiger partial charge in [-0.2, -0.15) is 0 Å². The summed E-state index contributed by atoms with van der Waals surface area (Å²) in [4.78, 5) is 15.7. The molecule has 0 saturated heterocycles. The van der Waals surface area contributed by atoms with Crippen LogP contribution in [0.5, 0.6) is 0 Å². The minimum Gasteiger partial charge on any atom is -0.465 e. The lowest BCUT2D eigenvalue weighted by Crippen LogP contribution is -2.04. The van der Waals surface area contributed by atoms with Gasteiger partial charge < -0.3 is 10.5 Å². The van der Waals surface area contributed by atoms with Crippen LogP contribution >= 0.6 is 0 Å². The number of pyridine rings is 1. The first-order valence-electron chi connectivity index (χ1n) is 4.87. The van der Waals surface area contributed by atoms with E-state index in [0.717, 1.165) is 10.9 Å². The van der Waals surface area contributed by atoms with Gasteiger partial charge in [-0.15, -0.1) is 0 Å². The molecule has 0 amide bonds. The van der Waals surface area contributed by atoms with Crippen LogP contribution in [0.25, 0.3) is 10.9 Å². The van der Waals surface area contributed by atoms with Crippen molar-refractivity contribution < 1.29 is 9.53 Å². The Balaban J connectivity index is 2.79. The van der Waals surface area contributed by atoms with E-state index in [0.29, 0.717) is 16.9 Å². The van der Waals surface area contributed by atoms with Crippen molar-refractivity contribution in [2.45, 2.75) is 6.92 Å². The van der Waals surface area contributed by atoms with Crippen molar-refractivity contribution in [3.63, 3.8) is 0 Å². The lowest BCUT2D eigenvalue weighted by Gasteiger charge is -2.06. The fraction of sp³-hybridized carbons (Fsp3) is 0.167. The summed E-state index contributed by atoms with van der Waals surface area (Å²) in [5.41, 5.74) is 7.85. The van der Waals surface area contributed by atoms with Gasteiger partial charge in [-0.05, 0) is 25.1 Å². The highest BCUT2D eigenvalue weighted by Crippen LogP contribution is 2.21. The maximum absolute atomic E-state index is 11.6. The molecule has 1 heterocycles. The molecule has 2 N–H and O–H groups in total. The molecule has 0 bridgehead atoms. The van der Waals surface area contributed by atoms with Crippen LogP contribution in [-0.2, 0) is 4.74 Å². The van der Waals surface area contributed by atoms with Gasteiger partial charge in [0.15, 0.2) is 0 Å². The standard InChI is InChI=1S/C12H12N2O2/c1-7-3-4-10-8(5-7)9(12(15)16-2)6-11(13)14-10/h3-6H,1-2H3,(H2,13,14). The lowest BCUT2D eigenvalue weighted by atomic mass is 10.1. The molecule has 2 rings (SSSR count). The van der Waals surface area contributed by atoms with Crippen LogP contribution in [-0.4, -0.2) is 18.1 Å². The molecule has 0 unspecified atom stereocenters. The summed E-state index contributed by atoms with van der Waals surface area (Å²) in [5.74, 6) is -0.0820. The highest BCUT2D eigenvalue weighted by atomic mass is 16.5. The molecule has 4 nitrogen and oxygen atoms in total. The molecule has 0 radical (unpaired) electrons. The quantitative estimate of drug-likeness (QED) is 0.739. The minimum atomic E-state index is -0.398. The predicted molar refractivity (Wildman–Crippen MR) is 62.2 cm³/mol. The highest BCUT2D eigenvalue weighted by Gasteiger charge is 2.12. The Hall–Kier alpha value is -2.10. The average molecular weight is 216 g/mol. The minimum absolute atomic E-state index is 0.316. The molecular formula is C12H12N2O2. The zero-order valence-electron chi connectivity index (χ0n) is 9.15. The van der Waals surface area contributed by atoms with Crippen molar-refractivity contribution in [1.29, 1.82) is 0 Å². The number of esters is 1. The first-order valence-corrected chi connectivity index (χ1v) is 4.87. The Morgan fingerprint density at radius 3 is 2.81 bits per heavy atom. The molecule has 0 atom stereocenters. The third-order valence-corrected chi connectivity index (χ3v) is 2.39. The van der Waals surface area contributed by atoms with E-state index in [4.69, 9.17) is 10.5 Å². The number of benzene rings is 1. The SMILES string of the molecule is COC(=O)c1cc(N)nc2ccc(C)cc12. The molecule has 0 fully saturated rings. The summed E-state index contributed by atoms with van der Waals surface area (Å²) in [7, 11) is 1.35.